The lowest BCUT2D eigenvalue weighted by Crippen LogP contribution is -2.47. The zero-order valence-electron chi connectivity index (χ0n) is 19.3. The van der Waals surface area contributed by atoms with Crippen molar-refractivity contribution in [1.29, 1.82) is 0 Å². The van der Waals surface area contributed by atoms with Gasteiger partial charge in [0.1, 0.15) is 11.6 Å². The third kappa shape index (κ3) is 5.52. The van der Waals surface area contributed by atoms with Gasteiger partial charge in [0.05, 0.1) is 5.56 Å². The van der Waals surface area contributed by atoms with E-state index in [1.54, 1.807) is 23.5 Å². The fourth-order valence-electron chi connectivity index (χ4n) is 3.67. The average Bonchev–Trinajstić information content (AvgIpc) is 3.45. The number of carbonyl (C=O) groups excluding carboxylic acids is 1. The average molecular weight is 488 g/mol. The van der Waals surface area contributed by atoms with E-state index < -0.39 is 0 Å². The van der Waals surface area contributed by atoms with Gasteiger partial charge < -0.3 is 20.4 Å². The lowest BCUT2D eigenvalue weighted by atomic mass is 10.2. The number of nitrogens with zero attached hydrogens (tertiary/aromatic N) is 7. The number of aryl methyl sites for hydroxylation is 1. The minimum Gasteiger partial charge on any atom is -0.345 e. The predicted octanol–water partition coefficient (Wildman–Crippen LogP) is 3.61. The molecule has 3 aromatic heterocycles. The highest BCUT2D eigenvalue weighted by atomic mass is 32.1. The number of pyridine rings is 1. The normalized spacial score (nSPS) is 13.5. The first-order chi connectivity index (χ1) is 17.2. The van der Waals surface area contributed by atoms with Crippen molar-refractivity contribution in [2.75, 3.05) is 46.6 Å². The second kappa shape index (κ2) is 10.4. The summed E-state index contributed by atoms with van der Waals surface area (Å²) in [6.07, 6.45) is 4.05. The van der Waals surface area contributed by atoms with Gasteiger partial charge in [0.15, 0.2) is 5.13 Å². The maximum Gasteiger partial charge on any atom is 0.257 e. The molecule has 1 saturated heterocycles. The summed E-state index contributed by atoms with van der Waals surface area (Å²) in [6, 6.07) is 12.8. The van der Waals surface area contributed by atoms with E-state index in [9.17, 15) is 4.79 Å². The molecule has 5 rings (SSSR count). The van der Waals surface area contributed by atoms with E-state index in [1.807, 2.05) is 48.8 Å². The van der Waals surface area contributed by atoms with Crippen LogP contribution in [0.5, 0.6) is 0 Å². The van der Waals surface area contributed by atoms with Crippen LogP contribution in [0.3, 0.4) is 0 Å². The molecule has 178 valence electrons. The Morgan fingerprint density at radius 1 is 0.971 bits per heavy atom. The van der Waals surface area contributed by atoms with Crippen molar-refractivity contribution in [2.45, 2.75) is 13.3 Å². The van der Waals surface area contributed by atoms with E-state index in [4.69, 9.17) is 0 Å². The number of benzene rings is 1. The first-order valence-electron chi connectivity index (χ1n) is 11.4. The maximum atomic E-state index is 12.5. The van der Waals surface area contributed by atoms with E-state index in [0.717, 1.165) is 37.0 Å². The van der Waals surface area contributed by atoms with Crippen LogP contribution in [0.1, 0.15) is 23.1 Å². The molecule has 1 amide bonds. The number of carbonyl (C=O) groups is 1. The Labute approximate surface area is 207 Å². The largest absolute Gasteiger partial charge is 0.345 e. The lowest BCUT2D eigenvalue weighted by molar-refractivity contribution is 0.102. The van der Waals surface area contributed by atoms with Gasteiger partial charge in [0, 0.05) is 56.1 Å². The predicted molar refractivity (Wildman–Crippen MR) is 138 cm³/mol. The summed E-state index contributed by atoms with van der Waals surface area (Å²) in [5.74, 6) is 2.12. The molecule has 1 aromatic carbocycles. The molecule has 35 heavy (non-hydrogen) atoms. The van der Waals surface area contributed by atoms with Crippen LogP contribution in [0, 0.1) is 0 Å². The second-order valence-corrected chi connectivity index (χ2v) is 8.77. The van der Waals surface area contributed by atoms with Gasteiger partial charge in [-0.2, -0.15) is 15.0 Å². The minimum absolute atomic E-state index is 0.220. The molecule has 0 aliphatic carbocycles. The number of hydrogen-bond acceptors (Lipinski definition) is 10. The van der Waals surface area contributed by atoms with Gasteiger partial charge in [0.25, 0.3) is 5.91 Å². The van der Waals surface area contributed by atoms with Crippen LogP contribution in [-0.2, 0) is 6.42 Å². The fraction of sp³-hybridized carbons (Fsp3) is 0.250. The zero-order valence-corrected chi connectivity index (χ0v) is 20.1. The third-order valence-electron chi connectivity index (χ3n) is 5.54. The van der Waals surface area contributed by atoms with Crippen LogP contribution in [0.25, 0.3) is 0 Å². The van der Waals surface area contributed by atoms with Crippen molar-refractivity contribution in [3.63, 3.8) is 0 Å². The molecule has 0 saturated carbocycles. The van der Waals surface area contributed by atoms with Crippen molar-refractivity contribution in [3.8, 4) is 0 Å². The van der Waals surface area contributed by atoms with Crippen molar-refractivity contribution in [3.05, 3.63) is 71.6 Å². The van der Waals surface area contributed by atoms with Crippen LogP contribution in [-0.4, -0.2) is 57.0 Å². The van der Waals surface area contributed by atoms with Crippen LogP contribution >= 0.6 is 11.3 Å². The van der Waals surface area contributed by atoms with Gasteiger partial charge in [-0.15, -0.1) is 11.3 Å². The van der Waals surface area contributed by atoms with E-state index in [-0.39, 0.29) is 5.91 Å². The standard InChI is InChI=1S/C24H25N9OS/c1-2-19-28-22(31-23(30-19)32-11-13-33(14-12-32)24-25-10-15-35-24)29-20-9-8-17(16-26-20)21(34)27-18-6-4-3-5-7-18/h3-10,15-16H,2,11-14H2,1H3,(H,27,34)(H,26,28,29,30,31). The van der Waals surface area contributed by atoms with Crippen LogP contribution in [0.15, 0.2) is 60.2 Å². The molecule has 1 aliphatic heterocycles. The Morgan fingerprint density at radius 3 is 2.46 bits per heavy atom. The molecular formula is C24H25N9OS. The molecular weight excluding hydrogens is 462 g/mol. The SMILES string of the molecule is CCc1nc(Nc2ccc(C(=O)Nc3ccccc3)cn2)nc(N2CCN(c3nccs3)CC2)n1. The second-order valence-electron chi connectivity index (χ2n) is 7.89. The van der Waals surface area contributed by atoms with Gasteiger partial charge in [-0.3, -0.25) is 4.79 Å². The summed E-state index contributed by atoms with van der Waals surface area (Å²) in [4.78, 5) is 39.5. The maximum absolute atomic E-state index is 12.5. The molecule has 4 aromatic rings. The van der Waals surface area contributed by atoms with Crippen molar-refractivity contribution in [1.82, 2.24) is 24.9 Å². The number of thiazole rings is 1. The van der Waals surface area contributed by atoms with Crippen molar-refractivity contribution in [2.24, 2.45) is 0 Å². The summed E-state index contributed by atoms with van der Waals surface area (Å²) in [7, 11) is 0. The Kier molecular flexibility index (Phi) is 6.75. The number of rotatable bonds is 7. The van der Waals surface area contributed by atoms with Gasteiger partial charge in [-0.25, -0.2) is 9.97 Å². The molecule has 0 unspecified atom stereocenters. The van der Waals surface area contributed by atoms with Gasteiger partial charge >= 0.3 is 0 Å². The molecule has 1 aliphatic rings. The number of aromatic nitrogens is 5. The molecule has 0 spiro atoms. The van der Waals surface area contributed by atoms with Gasteiger partial charge in [-0.05, 0) is 24.3 Å². The van der Waals surface area contributed by atoms with E-state index >= 15 is 0 Å². The quantitative estimate of drug-likeness (QED) is 0.404. The van der Waals surface area contributed by atoms with Crippen LogP contribution in [0.4, 0.5) is 28.5 Å². The monoisotopic (exact) mass is 487 g/mol. The molecule has 4 heterocycles. The van der Waals surface area contributed by atoms with E-state index in [0.29, 0.717) is 35.5 Å². The summed E-state index contributed by atoms with van der Waals surface area (Å²) in [5, 5.41) is 9.05. The van der Waals surface area contributed by atoms with Gasteiger partial charge in [-0.1, -0.05) is 25.1 Å². The summed E-state index contributed by atoms with van der Waals surface area (Å²) in [6.45, 7) is 5.34. The summed E-state index contributed by atoms with van der Waals surface area (Å²) >= 11 is 1.65. The first kappa shape index (κ1) is 22.7. The Hall–Kier alpha value is -4.12. The number of piperazine rings is 1. The first-order valence-corrected chi connectivity index (χ1v) is 12.3. The highest BCUT2D eigenvalue weighted by Crippen LogP contribution is 2.22. The molecule has 0 atom stereocenters. The highest BCUT2D eigenvalue weighted by Gasteiger charge is 2.22. The lowest BCUT2D eigenvalue weighted by Gasteiger charge is -2.34. The van der Waals surface area contributed by atoms with E-state index in [2.05, 4.69) is 45.4 Å². The highest BCUT2D eigenvalue weighted by molar-refractivity contribution is 7.13. The molecule has 0 bridgehead atoms. The van der Waals surface area contributed by atoms with Gasteiger partial charge in [0.2, 0.25) is 11.9 Å². The molecule has 0 radical (unpaired) electrons. The number of para-hydroxylation sites is 1. The smallest absolute Gasteiger partial charge is 0.257 e. The Balaban J connectivity index is 1.25. The van der Waals surface area contributed by atoms with Crippen molar-refractivity contribution >= 4 is 45.8 Å². The number of amides is 1. The summed E-state index contributed by atoms with van der Waals surface area (Å²) < 4.78 is 0. The van der Waals surface area contributed by atoms with Crippen molar-refractivity contribution < 1.29 is 4.79 Å². The summed E-state index contributed by atoms with van der Waals surface area (Å²) in [5.41, 5.74) is 1.19. The molecule has 11 heteroatoms. The molecule has 10 nitrogen and oxygen atoms in total. The third-order valence-corrected chi connectivity index (χ3v) is 6.37. The number of anilines is 5. The molecule has 1 fully saturated rings. The van der Waals surface area contributed by atoms with Crippen LogP contribution in [0.2, 0.25) is 0 Å². The molecule has 2 N–H and O–H groups in total. The Bertz CT molecular complexity index is 1260. The van der Waals surface area contributed by atoms with Crippen LogP contribution < -0.4 is 20.4 Å². The topological polar surface area (TPSA) is 112 Å². The number of nitrogens with one attached hydrogen (secondary N) is 2. The fourth-order valence-corrected chi connectivity index (χ4v) is 4.37. The van der Waals surface area contributed by atoms with E-state index in [1.165, 1.54) is 6.20 Å². The Morgan fingerprint density at radius 2 is 1.77 bits per heavy atom. The minimum atomic E-state index is -0.220. The number of hydrogen-bond donors (Lipinski definition) is 2. The zero-order chi connectivity index (χ0) is 24.0.